The van der Waals surface area contributed by atoms with Crippen LogP contribution in [0.5, 0.6) is 5.75 Å². The van der Waals surface area contributed by atoms with Gasteiger partial charge in [0.25, 0.3) is 5.91 Å². The number of nitrogens with zero attached hydrogens (tertiary/aromatic N) is 2. The Hall–Kier alpha value is -1.95. The molecule has 1 aromatic carbocycles. The van der Waals surface area contributed by atoms with Crippen LogP contribution in [0.3, 0.4) is 0 Å². The predicted octanol–water partition coefficient (Wildman–Crippen LogP) is 2.43. The molecule has 0 saturated carbocycles. The summed E-state index contributed by atoms with van der Waals surface area (Å²) in [6, 6.07) is 7.69. The van der Waals surface area contributed by atoms with Crippen molar-refractivity contribution in [3.63, 3.8) is 0 Å². The fourth-order valence-corrected chi connectivity index (χ4v) is 2.18. The number of rotatable bonds is 5. The second kappa shape index (κ2) is 6.29. The number of carbonyl (C=O) groups is 1. The van der Waals surface area contributed by atoms with Gasteiger partial charge >= 0.3 is 0 Å². The van der Waals surface area contributed by atoms with Crippen molar-refractivity contribution in [3.8, 4) is 5.75 Å². The van der Waals surface area contributed by atoms with Crippen molar-refractivity contribution in [2.24, 2.45) is 0 Å². The molecule has 0 radical (unpaired) electrons. The van der Waals surface area contributed by atoms with Crippen LogP contribution in [0.25, 0.3) is 0 Å². The smallest absolute Gasteiger partial charge is 0.264 e. The molecule has 0 bridgehead atoms. The maximum absolute atomic E-state index is 11.7. The summed E-state index contributed by atoms with van der Waals surface area (Å²) in [4.78, 5) is 15.8. The lowest BCUT2D eigenvalue weighted by molar-refractivity contribution is -0.118. The van der Waals surface area contributed by atoms with Gasteiger partial charge in [-0.2, -0.15) is 4.37 Å². The fourth-order valence-electron chi connectivity index (χ4n) is 1.58. The van der Waals surface area contributed by atoms with Crippen LogP contribution >= 0.6 is 11.5 Å². The quantitative estimate of drug-likeness (QED) is 0.911. The Balaban J connectivity index is 1.89. The number of para-hydroxylation sites is 1. The van der Waals surface area contributed by atoms with Crippen molar-refractivity contribution in [2.75, 3.05) is 11.9 Å². The van der Waals surface area contributed by atoms with E-state index in [0.29, 0.717) is 11.0 Å². The molecule has 1 N–H and O–H groups in total. The van der Waals surface area contributed by atoms with Crippen LogP contribution in [0.4, 0.5) is 5.13 Å². The molecule has 6 heteroatoms. The third-order valence-electron chi connectivity index (χ3n) is 2.49. The molecule has 0 aliphatic rings. The highest BCUT2D eigenvalue weighted by Gasteiger charge is 2.08. The van der Waals surface area contributed by atoms with Crippen LogP contribution in [-0.2, 0) is 11.2 Å². The van der Waals surface area contributed by atoms with E-state index < -0.39 is 0 Å². The predicted molar refractivity (Wildman–Crippen MR) is 74.6 cm³/mol. The molecule has 19 heavy (non-hydrogen) atoms. The summed E-state index contributed by atoms with van der Waals surface area (Å²) in [5, 5.41) is 3.15. The van der Waals surface area contributed by atoms with Crippen LogP contribution in [0.15, 0.2) is 24.3 Å². The number of ether oxygens (including phenoxy) is 1. The first-order chi connectivity index (χ1) is 9.19. The van der Waals surface area contributed by atoms with E-state index >= 15 is 0 Å². The van der Waals surface area contributed by atoms with Gasteiger partial charge in [-0.15, -0.1) is 0 Å². The second-order valence-corrected chi connectivity index (χ2v) is 4.70. The van der Waals surface area contributed by atoms with Gasteiger partial charge in [-0.25, -0.2) is 4.98 Å². The first kappa shape index (κ1) is 13.5. The number of aryl methyl sites for hydroxylation is 2. The Bertz CT molecular complexity index is 569. The number of carbonyl (C=O) groups excluding carboxylic acids is 1. The third-order valence-corrected chi connectivity index (χ3v) is 3.21. The van der Waals surface area contributed by atoms with Crippen LogP contribution in [0.1, 0.15) is 18.3 Å². The number of benzene rings is 1. The van der Waals surface area contributed by atoms with Gasteiger partial charge in [0.15, 0.2) is 6.61 Å². The van der Waals surface area contributed by atoms with E-state index in [0.717, 1.165) is 29.3 Å². The molecule has 100 valence electrons. The van der Waals surface area contributed by atoms with Crippen molar-refractivity contribution in [3.05, 3.63) is 35.7 Å². The summed E-state index contributed by atoms with van der Waals surface area (Å²) in [6.45, 7) is 3.79. The summed E-state index contributed by atoms with van der Waals surface area (Å²) in [7, 11) is 0. The van der Waals surface area contributed by atoms with Gasteiger partial charge in [0.2, 0.25) is 5.13 Å². The minimum atomic E-state index is -0.234. The lowest BCUT2D eigenvalue weighted by atomic mass is 10.1. The summed E-state index contributed by atoms with van der Waals surface area (Å²) in [6.07, 6.45) is 0.868. The van der Waals surface area contributed by atoms with Crippen molar-refractivity contribution >= 4 is 22.6 Å². The van der Waals surface area contributed by atoms with Crippen LogP contribution in [-0.4, -0.2) is 21.9 Å². The van der Waals surface area contributed by atoms with Gasteiger partial charge in [0.05, 0.1) is 0 Å². The molecule has 0 aliphatic carbocycles. The molecule has 0 unspecified atom stereocenters. The SMILES string of the molecule is CCc1ccccc1OCC(=O)Nc1nc(C)ns1. The van der Waals surface area contributed by atoms with Crippen molar-refractivity contribution < 1.29 is 9.53 Å². The van der Waals surface area contributed by atoms with Gasteiger partial charge in [0, 0.05) is 11.5 Å². The average molecular weight is 277 g/mol. The molecule has 0 spiro atoms. The Morgan fingerprint density at radius 3 is 2.89 bits per heavy atom. The lowest BCUT2D eigenvalue weighted by Gasteiger charge is -2.09. The number of hydrogen-bond donors (Lipinski definition) is 1. The Morgan fingerprint density at radius 1 is 1.42 bits per heavy atom. The standard InChI is InChI=1S/C13H15N3O2S/c1-3-10-6-4-5-7-11(10)18-8-12(17)15-13-14-9(2)16-19-13/h4-7H,3,8H2,1-2H3,(H,14,15,16,17). The maximum Gasteiger partial charge on any atom is 0.264 e. The summed E-state index contributed by atoms with van der Waals surface area (Å²) in [5.41, 5.74) is 1.09. The number of anilines is 1. The van der Waals surface area contributed by atoms with E-state index in [1.807, 2.05) is 31.2 Å². The molecule has 5 nitrogen and oxygen atoms in total. The minimum absolute atomic E-state index is 0.0321. The lowest BCUT2D eigenvalue weighted by Crippen LogP contribution is -2.20. The van der Waals surface area contributed by atoms with E-state index in [9.17, 15) is 4.79 Å². The number of hydrogen-bond acceptors (Lipinski definition) is 5. The second-order valence-electron chi connectivity index (χ2n) is 3.94. The molecule has 1 heterocycles. The molecular weight excluding hydrogens is 262 g/mol. The first-order valence-corrected chi connectivity index (χ1v) is 6.77. The summed E-state index contributed by atoms with van der Waals surface area (Å²) in [5.74, 6) is 1.16. The molecule has 2 rings (SSSR count). The third kappa shape index (κ3) is 3.75. The van der Waals surface area contributed by atoms with Gasteiger partial charge in [-0.3, -0.25) is 10.1 Å². The van der Waals surface area contributed by atoms with Gasteiger partial charge < -0.3 is 4.74 Å². The molecule has 1 aromatic heterocycles. The topological polar surface area (TPSA) is 64.1 Å². The molecule has 1 amide bonds. The molecule has 0 fully saturated rings. The van der Waals surface area contributed by atoms with E-state index in [-0.39, 0.29) is 12.5 Å². The van der Waals surface area contributed by atoms with E-state index in [1.165, 1.54) is 0 Å². The van der Waals surface area contributed by atoms with Gasteiger partial charge in [0.1, 0.15) is 11.6 Å². The van der Waals surface area contributed by atoms with E-state index in [4.69, 9.17) is 4.74 Å². The molecule has 2 aromatic rings. The van der Waals surface area contributed by atoms with E-state index in [1.54, 1.807) is 6.92 Å². The fraction of sp³-hybridized carbons (Fsp3) is 0.308. The molecular formula is C13H15N3O2S. The van der Waals surface area contributed by atoms with Crippen LogP contribution in [0.2, 0.25) is 0 Å². The van der Waals surface area contributed by atoms with E-state index in [2.05, 4.69) is 14.7 Å². The summed E-state index contributed by atoms with van der Waals surface area (Å²) < 4.78 is 9.50. The highest BCUT2D eigenvalue weighted by molar-refractivity contribution is 7.09. The number of aromatic nitrogens is 2. The Morgan fingerprint density at radius 2 is 2.21 bits per heavy atom. The molecule has 0 aliphatic heterocycles. The molecule has 0 atom stereocenters. The largest absolute Gasteiger partial charge is 0.483 e. The Kier molecular flexibility index (Phi) is 4.46. The maximum atomic E-state index is 11.7. The van der Waals surface area contributed by atoms with Gasteiger partial charge in [-0.1, -0.05) is 25.1 Å². The highest BCUT2D eigenvalue weighted by atomic mass is 32.1. The first-order valence-electron chi connectivity index (χ1n) is 6.00. The molecule has 0 saturated heterocycles. The van der Waals surface area contributed by atoms with Crippen LogP contribution < -0.4 is 10.1 Å². The van der Waals surface area contributed by atoms with Crippen molar-refractivity contribution in [2.45, 2.75) is 20.3 Å². The monoisotopic (exact) mass is 277 g/mol. The average Bonchev–Trinajstić information content (AvgIpc) is 2.82. The zero-order valence-electron chi connectivity index (χ0n) is 10.8. The number of amides is 1. The summed E-state index contributed by atoms with van der Waals surface area (Å²) >= 11 is 1.16. The normalized spacial score (nSPS) is 10.2. The highest BCUT2D eigenvalue weighted by Crippen LogP contribution is 2.18. The van der Waals surface area contributed by atoms with Crippen LogP contribution in [0, 0.1) is 6.92 Å². The zero-order valence-corrected chi connectivity index (χ0v) is 11.7. The Labute approximate surface area is 115 Å². The minimum Gasteiger partial charge on any atom is -0.483 e. The van der Waals surface area contributed by atoms with Gasteiger partial charge in [-0.05, 0) is 25.0 Å². The number of nitrogens with one attached hydrogen (secondary N) is 1. The zero-order chi connectivity index (χ0) is 13.7. The van der Waals surface area contributed by atoms with Crippen molar-refractivity contribution in [1.82, 2.24) is 9.36 Å². The van der Waals surface area contributed by atoms with Crippen molar-refractivity contribution in [1.29, 1.82) is 0 Å².